The molecule has 0 bridgehead atoms. The van der Waals surface area contributed by atoms with Crippen LogP contribution in [0.4, 0.5) is 0 Å². The predicted molar refractivity (Wildman–Crippen MR) is 156 cm³/mol. The van der Waals surface area contributed by atoms with Gasteiger partial charge in [0.05, 0.1) is 25.4 Å². The molecular formula is C32H45N3O7. The molecule has 10 heteroatoms. The van der Waals surface area contributed by atoms with Gasteiger partial charge in [0.15, 0.2) is 6.29 Å². The van der Waals surface area contributed by atoms with E-state index in [-0.39, 0.29) is 31.1 Å². The Morgan fingerprint density at radius 2 is 1.64 bits per heavy atom. The fraction of sp³-hybridized carbons (Fsp3) is 0.562. The highest BCUT2D eigenvalue weighted by Gasteiger charge is 2.35. The number of amides is 2. The molecular weight excluding hydrogens is 538 g/mol. The van der Waals surface area contributed by atoms with Crippen LogP contribution in [0.2, 0.25) is 0 Å². The van der Waals surface area contributed by atoms with Gasteiger partial charge in [-0.15, -0.1) is 0 Å². The number of aliphatic hydroxyl groups excluding tert-OH is 1. The van der Waals surface area contributed by atoms with Gasteiger partial charge in [0.25, 0.3) is 0 Å². The monoisotopic (exact) mass is 583 g/mol. The van der Waals surface area contributed by atoms with Gasteiger partial charge in [-0.3, -0.25) is 19.7 Å². The third kappa shape index (κ3) is 9.58. The van der Waals surface area contributed by atoms with Crippen LogP contribution >= 0.6 is 0 Å². The van der Waals surface area contributed by atoms with Crippen molar-refractivity contribution in [1.82, 2.24) is 15.7 Å². The van der Waals surface area contributed by atoms with E-state index in [0.717, 1.165) is 67.6 Å². The summed E-state index contributed by atoms with van der Waals surface area (Å²) >= 11 is 0. The van der Waals surface area contributed by atoms with Gasteiger partial charge in [0.2, 0.25) is 11.8 Å². The number of nitrogens with one attached hydrogen (secondary N) is 2. The molecule has 0 aromatic heterocycles. The lowest BCUT2D eigenvalue weighted by atomic mass is 9.99. The van der Waals surface area contributed by atoms with Crippen molar-refractivity contribution in [2.24, 2.45) is 0 Å². The molecule has 0 spiro atoms. The van der Waals surface area contributed by atoms with Crippen LogP contribution in [-0.4, -0.2) is 66.0 Å². The maximum Gasteiger partial charge on any atom is 0.243 e. The van der Waals surface area contributed by atoms with Crippen LogP contribution in [0.1, 0.15) is 86.0 Å². The quantitative estimate of drug-likeness (QED) is 0.141. The Hall–Kier alpha value is -2.86. The van der Waals surface area contributed by atoms with Crippen molar-refractivity contribution >= 4 is 11.8 Å². The minimum absolute atomic E-state index is 0.00826. The number of carbonyl (C=O) groups excluding carboxylic acids is 2. The number of aliphatic hydroxyl groups is 1. The molecule has 0 radical (unpaired) electrons. The average Bonchev–Trinajstić information content (AvgIpc) is 3.46. The van der Waals surface area contributed by atoms with Gasteiger partial charge in [0.1, 0.15) is 0 Å². The van der Waals surface area contributed by atoms with Gasteiger partial charge in [0, 0.05) is 51.1 Å². The van der Waals surface area contributed by atoms with Crippen molar-refractivity contribution in [3.05, 3.63) is 70.8 Å². The molecule has 2 aromatic carbocycles. The van der Waals surface area contributed by atoms with Gasteiger partial charge in [-0.05, 0) is 48.9 Å². The predicted octanol–water partition coefficient (Wildman–Crippen LogP) is 3.91. The first kappa shape index (κ1) is 32.1. The van der Waals surface area contributed by atoms with Gasteiger partial charge < -0.3 is 24.6 Å². The van der Waals surface area contributed by atoms with Crippen LogP contribution < -0.4 is 10.8 Å². The number of hydrogen-bond acceptors (Lipinski definition) is 8. The second-order valence-electron chi connectivity index (χ2n) is 11.2. The minimum atomic E-state index is -0.522. The lowest BCUT2D eigenvalue weighted by Crippen LogP contribution is -2.42. The highest BCUT2D eigenvalue weighted by atomic mass is 16.7. The van der Waals surface area contributed by atoms with Crippen LogP contribution in [0.3, 0.4) is 0 Å². The highest BCUT2D eigenvalue weighted by molar-refractivity contribution is 5.76. The van der Waals surface area contributed by atoms with Crippen LogP contribution in [0.15, 0.2) is 48.5 Å². The number of rotatable bonds is 15. The van der Waals surface area contributed by atoms with Crippen molar-refractivity contribution in [1.29, 1.82) is 0 Å². The van der Waals surface area contributed by atoms with Crippen molar-refractivity contribution in [3.63, 3.8) is 0 Å². The number of likely N-dealkylation sites (tertiary alicyclic amines) is 1. The van der Waals surface area contributed by atoms with E-state index in [4.69, 9.17) is 19.4 Å². The molecule has 0 saturated carbocycles. The molecule has 4 N–H and O–H groups in total. The second kappa shape index (κ2) is 16.7. The second-order valence-corrected chi connectivity index (χ2v) is 11.2. The van der Waals surface area contributed by atoms with E-state index in [9.17, 15) is 14.7 Å². The largest absolute Gasteiger partial charge is 0.392 e. The molecule has 4 atom stereocenters. The zero-order chi connectivity index (χ0) is 29.7. The van der Waals surface area contributed by atoms with Crippen LogP contribution in [0, 0.1) is 0 Å². The van der Waals surface area contributed by atoms with Crippen LogP contribution in [0.5, 0.6) is 0 Å². The summed E-state index contributed by atoms with van der Waals surface area (Å²) in [6, 6.07) is 16.3. The normalized spacial score (nSPS) is 22.6. The first-order chi connectivity index (χ1) is 20.5. The van der Waals surface area contributed by atoms with Gasteiger partial charge in [-0.25, -0.2) is 5.48 Å². The van der Waals surface area contributed by atoms with Crippen molar-refractivity contribution < 1.29 is 34.1 Å². The van der Waals surface area contributed by atoms with Crippen LogP contribution in [0.25, 0.3) is 0 Å². The average molecular weight is 584 g/mol. The first-order valence-corrected chi connectivity index (χ1v) is 15.0. The van der Waals surface area contributed by atoms with E-state index >= 15 is 0 Å². The number of benzene rings is 2. The van der Waals surface area contributed by atoms with Gasteiger partial charge in [-0.1, -0.05) is 55.0 Å². The number of methoxy groups -OCH3 is 1. The molecule has 42 heavy (non-hydrogen) atoms. The Kier molecular flexibility index (Phi) is 12.7. The fourth-order valence-electron chi connectivity index (χ4n) is 5.70. The lowest BCUT2D eigenvalue weighted by molar-refractivity contribution is -0.253. The third-order valence-corrected chi connectivity index (χ3v) is 8.09. The summed E-state index contributed by atoms with van der Waals surface area (Å²) in [4.78, 5) is 25.8. The molecule has 0 unspecified atom stereocenters. The van der Waals surface area contributed by atoms with E-state index in [1.54, 1.807) is 12.6 Å². The molecule has 10 nitrogen and oxygen atoms in total. The standard InChI is InChI=1S/C32H45N3O7/c1-40-22-27-6-5-17-35(27)20-28-18-29(25-13-11-24(21-36)12-14-25)42-32(41-28)26-15-9-23(10-16-26)19-33-30(37)7-3-2-4-8-31(38)34-39/h9-16,27-29,32,36,39H,2-8,17-22H2,1H3,(H,33,37)(H,34,38)/t27-,28+,29-,32-/m0/s1. The summed E-state index contributed by atoms with van der Waals surface area (Å²) in [5.74, 6) is -0.437. The summed E-state index contributed by atoms with van der Waals surface area (Å²) < 4.78 is 18.5. The molecule has 2 aromatic rings. The molecule has 230 valence electrons. The van der Waals surface area contributed by atoms with E-state index in [1.165, 1.54) is 0 Å². The Morgan fingerprint density at radius 3 is 2.33 bits per heavy atom. The summed E-state index contributed by atoms with van der Waals surface area (Å²) in [5.41, 5.74) is 5.46. The van der Waals surface area contributed by atoms with E-state index in [2.05, 4.69) is 10.2 Å². The first-order valence-electron chi connectivity index (χ1n) is 15.0. The summed E-state index contributed by atoms with van der Waals surface area (Å²) in [5, 5.41) is 20.9. The Balaban J connectivity index is 1.34. The van der Waals surface area contributed by atoms with Crippen molar-refractivity contribution in [2.75, 3.05) is 26.8 Å². The Morgan fingerprint density at radius 1 is 0.952 bits per heavy atom. The van der Waals surface area contributed by atoms with Crippen LogP contribution in [-0.2, 0) is 37.0 Å². The third-order valence-electron chi connectivity index (χ3n) is 8.09. The molecule has 0 aliphatic carbocycles. The number of carbonyl (C=O) groups is 2. The van der Waals surface area contributed by atoms with Crippen molar-refractivity contribution in [3.8, 4) is 0 Å². The maximum absolute atomic E-state index is 12.2. The van der Waals surface area contributed by atoms with E-state index in [0.29, 0.717) is 31.8 Å². The smallest absolute Gasteiger partial charge is 0.243 e. The molecule has 2 heterocycles. The molecule has 2 fully saturated rings. The van der Waals surface area contributed by atoms with Gasteiger partial charge in [-0.2, -0.15) is 0 Å². The number of nitrogens with zero attached hydrogens (tertiary/aromatic N) is 1. The number of unbranched alkanes of at least 4 members (excludes halogenated alkanes) is 2. The Bertz CT molecular complexity index is 1110. The SMILES string of the molecule is COC[C@@H]1CCCN1C[C@H]1C[C@@H](c2ccc(CO)cc2)O[C@@H](c2ccc(CNC(=O)CCCCCC(=O)NO)cc2)O1. The van der Waals surface area contributed by atoms with E-state index in [1.807, 2.05) is 48.5 Å². The summed E-state index contributed by atoms with van der Waals surface area (Å²) in [7, 11) is 1.75. The molecule has 2 amide bonds. The maximum atomic E-state index is 12.2. The number of hydroxylamine groups is 1. The lowest BCUT2D eigenvalue weighted by Gasteiger charge is -2.38. The van der Waals surface area contributed by atoms with Gasteiger partial charge >= 0.3 is 0 Å². The zero-order valence-corrected chi connectivity index (χ0v) is 24.5. The summed E-state index contributed by atoms with van der Waals surface area (Å²) in [6.07, 6.45) is 5.08. The fourth-order valence-corrected chi connectivity index (χ4v) is 5.70. The topological polar surface area (TPSA) is 130 Å². The summed E-state index contributed by atoms with van der Waals surface area (Å²) in [6.45, 7) is 3.01. The zero-order valence-electron chi connectivity index (χ0n) is 24.5. The molecule has 2 saturated heterocycles. The molecule has 2 aliphatic rings. The van der Waals surface area contributed by atoms with Crippen molar-refractivity contribution in [2.45, 2.75) is 89.1 Å². The highest BCUT2D eigenvalue weighted by Crippen LogP contribution is 2.38. The number of hydrogen-bond donors (Lipinski definition) is 4. The minimum Gasteiger partial charge on any atom is -0.392 e. The molecule has 2 aliphatic heterocycles. The Labute approximate surface area is 248 Å². The number of ether oxygens (including phenoxy) is 3. The molecule has 4 rings (SSSR count). The van der Waals surface area contributed by atoms with E-state index < -0.39 is 12.2 Å².